The summed E-state index contributed by atoms with van der Waals surface area (Å²) in [7, 11) is 0. The minimum atomic E-state index is -0.967. The van der Waals surface area contributed by atoms with E-state index in [2.05, 4.69) is 15.9 Å². The van der Waals surface area contributed by atoms with Crippen LogP contribution >= 0.6 is 15.9 Å². The van der Waals surface area contributed by atoms with Crippen LogP contribution in [0.1, 0.15) is 27.7 Å². The van der Waals surface area contributed by atoms with E-state index in [1.165, 1.54) is 0 Å². The molecular weight excluding hydrogens is 224 g/mol. The lowest BCUT2D eigenvalue weighted by molar-refractivity contribution is -0.154. The molecule has 1 saturated heterocycles. The first-order valence-corrected chi connectivity index (χ1v) is 4.60. The van der Waals surface area contributed by atoms with E-state index >= 15 is 0 Å². The van der Waals surface area contributed by atoms with Crippen LogP contribution in [-0.2, 0) is 14.3 Å². The normalized spacial score (nSPS) is 36.8. The van der Waals surface area contributed by atoms with Crippen molar-refractivity contribution in [2.45, 2.75) is 38.5 Å². The highest BCUT2D eigenvalue weighted by Crippen LogP contribution is 2.37. The van der Waals surface area contributed by atoms with Gasteiger partial charge in [-0.1, -0.05) is 20.8 Å². The van der Waals surface area contributed by atoms with E-state index in [0.717, 1.165) is 0 Å². The van der Waals surface area contributed by atoms with Crippen molar-refractivity contribution in [3.63, 3.8) is 0 Å². The minimum absolute atomic E-state index is 0.179. The van der Waals surface area contributed by atoms with Crippen LogP contribution in [0.3, 0.4) is 0 Å². The van der Waals surface area contributed by atoms with Crippen LogP contribution in [0.2, 0.25) is 0 Å². The summed E-state index contributed by atoms with van der Waals surface area (Å²) in [6.45, 7) is 7.51. The molecule has 0 radical (unpaired) electrons. The average Bonchev–Trinajstić information content (AvgIpc) is 2.06. The number of hydrogen-bond acceptors (Lipinski definition) is 3. The summed E-state index contributed by atoms with van der Waals surface area (Å²) in [6.07, 6.45) is -0.464. The zero-order valence-electron chi connectivity index (χ0n) is 7.68. The molecule has 0 aromatic rings. The molecule has 0 amide bonds. The monoisotopic (exact) mass is 236 g/mol. The molecule has 0 saturated carbocycles. The first-order chi connectivity index (χ1) is 5.23. The van der Waals surface area contributed by atoms with Crippen LogP contribution in [0.25, 0.3) is 0 Å². The number of esters is 1. The van der Waals surface area contributed by atoms with Crippen molar-refractivity contribution in [1.82, 2.24) is 0 Å². The Hall–Kier alpha value is -0.0900. The Labute approximate surface area is 80.5 Å². The molecule has 1 fully saturated rings. The first kappa shape index (κ1) is 9.99. The third-order valence-corrected chi connectivity index (χ3v) is 2.12. The summed E-state index contributed by atoms with van der Waals surface area (Å²) >= 11 is 3.14. The van der Waals surface area contributed by atoms with Crippen molar-refractivity contribution in [2.24, 2.45) is 5.41 Å². The Bertz CT molecular complexity index is 205. The van der Waals surface area contributed by atoms with Gasteiger partial charge in [0.2, 0.25) is 10.8 Å². The fourth-order valence-corrected chi connectivity index (χ4v) is 1.09. The Balaban J connectivity index is 2.74. The third kappa shape index (κ3) is 1.80. The van der Waals surface area contributed by atoms with Gasteiger partial charge in [-0.2, -0.15) is 0 Å². The zero-order valence-corrected chi connectivity index (χ0v) is 9.27. The fourth-order valence-electron chi connectivity index (χ4n) is 0.829. The number of halogens is 1. The summed E-state index contributed by atoms with van der Waals surface area (Å²) in [5.74, 6) is -0.359. The van der Waals surface area contributed by atoms with Crippen molar-refractivity contribution in [3.05, 3.63) is 0 Å². The van der Waals surface area contributed by atoms with E-state index in [1.807, 2.05) is 20.8 Å². The van der Waals surface area contributed by atoms with E-state index in [0.29, 0.717) is 0 Å². The molecular formula is C8H13BrO3. The molecule has 70 valence electrons. The van der Waals surface area contributed by atoms with Gasteiger partial charge in [-0.05, 0) is 22.9 Å². The number of ether oxygens (including phenoxy) is 2. The first-order valence-electron chi connectivity index (χ1n) is 3.81. The SMILES string of the molecule is CC(C)(C)[C@H]1OC(=O)[C@](C)(Br)O1. The molecule has 0 spiro atoms. The molecule has 1 heterocycles. The van der Waals surface area contributed by atoms with Gasteiger partial charge < -0.3 is 9.47 Å². The smallest absolute Gasteiger partial charge is 0.351 e. The summed E-state index contributed by atoms with van der Waals surface area (Å²) in [5.41, 5.74) is -0.179. The molecule has 3 nitrogen and oxygen atoms in total. The number of carbonyl (C=O) groups is 1. The topological polar surface area (TPSA) is 35.5 Å². The molecule has 4 heteroatoms. The second-order valence-corrected chi connectivity index (χ2v) is 5.65. The molecule has 2 atom stereocenters. The number of carbonyl (C=O) groups excluding carboxylic acids is 1. The molecule has 1 aliphatic rings. The van der Waals surface area contributed by atoms with Gasteiger partial charge in [0, 0.05) is 5.41 Å². The Morgan fingerprint density at radius 3 is 2.17 bits per heavy atom. The highest BCUT2D eigenvalue weighted by molar-refractivity contribution is 9.10. The van der Waals surface area contributed by atoms with Gasteiger partial charge in [0.15, 0.2) is 0 Å². The van der Waals surface area contributed by atoms with E-state index in [4.69, 9.17) is 9.47 Å². The molecule has 0 bridgehead atoms. The van der Waals surface area contributed by atoms with Crippen LogP contribution in [0.5, 0.6) is 0 Å². The number of hydrogen-bond donors (Lipinski definition) is 0. The molecule has 0 N–H and O–H groups in total. The predicted molar refractivity (Wildman–Crippen MR) is 47.8 cm³/mol. The van der Waals surface area contributed by atoms with Crippen LogP contribution in [-0.4, -0.2) is 16.8 Å². The maximum atomic E-state index is 11.2. The highest BCUT2D eigenvalue weighted by atomic mass is 79.9. The average molecular weight is 237 g/mol. The highest BCUT2D eigenvalue weighted by Gasteiger charge is 2.48. The number of cyclic esters (lactones) is 1. The second kappa shape index (κ2) is 2.70. The fraction of sp³-hybridized carbons (Fsp3) is 0.875. The lowest BCUT2D eigenvalue weighted by Gasteiger charge is -2.24. The predicted octanol–water partition coefficient (Wildman–Crippen LogP) is 2.04. The number of rotatable bonds is 0. The molecule has 1 rings (SSSR count). The van der Waals surface area contributed by atoms with Gasteiger partial charge in [-0.25, -0.2) is 4.79 Å². The van der Waals surface area contributed by atoms with E-state index in [1.54, 1.807) is 6.92 Å². The van der Waals surface area contributed by atoms with E-state index < -0.39 is 10.8 Å². The zero-order chi connectivity index (χ0) is 9.57. The standard InChI is InChI=1S/C8H13BrO3/c1-7(2,3)6-11-5(10)8(4,9)12-6/h6H,1-4H3/t6-,8+/m0/s1. The Kier molecular flexibility index (Phi) is 2.25. The quantitative estimate of drug-likeness (QED) is 0.477. The summed E-state index contributed by atoms with van der Waals surface area (Å²) < 4.78 is 9.44. The second-order valence-electron chi connectivity index (χ2n) is 4.14. The van der Waals surface area contributed by atoms with Crippen LogP contribution < -0.4 is 0 Å². The minimum Gasteiger partial charge on any atom is -0.432 e. The Morgan fingerprint density at radius 1 is 1.50 bits per heavy atom. The maximum absolute atomic E-state index is 11.2. The van der Waals surface area contributed by atoms with Crippen LogP contribution in [0.15, 0.2) is 0 Å². The van der Waals surface area contributed by atoms with Gasteiger partial charge in [-0.3, -0.25) is 0 Å². The largest absolute Gasteiger partial charge is 0.432 e. The summed E-state index contributed by atoms with van der Waals surface area (Å²) in [4.78, 5) is 11.2. The summed E-state index contributed by atoms with van der Waals surface area (Å²) in [6, 6.07) is 0. The molecule has 1 aliphatic heterocycles. The lowest BCUT2D eigenvalue weighted by Crippen LogP contribution is -2.29. The van der Waals surface area contributed by atoms with E-state index in [9.17, 15) is 4.79 Å². The van der Waals surface area contributed by atoms with Crippen molar-refractivity contribution in [3.8, 4) is 0 Å². The Morgan fingerprint density at radius 2 is 2.00 bits per heavy atom. The maximum Gasteiger partial charge on any atom is 0.351 e. The van der Waals surface area contributed by atoms with Crippen LogP contribution in [0.4, 0.5) is 0 Å². The van der Waals surface area contributed by atoms with Crippen molar-refractivity contribution in [1.29, 1.82) is 0 Å². The lowest BCUT2D eigenvalue weighted by atomic mass is 9.96. The van der Waals surface area contributed by atoms with Gasteiger partial charge in [-0.15, -0.1) is 0 Å². The van der Waals surface area contributed by atoms with Crippen molar-refractivity contribution in [2.75, 3.05) is 0 Å². The summed E-state index contributed by atoms with van der Waals surface area (Å²) in [5, 5.41) is 0. The van der Waals surface area contributed by atoms with Gasteiger partial charge in [0.05, 0.1) is 0 Å². The van der Waals surface area contributed by atoms with Crippen molar-refractivity contribution >= 4 is 21.9 Å². The van der Waals surface area contributed by atoms with Gasteiger partial charge in [0.25, 0.3) is 0 Å². The third-order valence-electron chi connectivity index (χ3n) is 1.61. The molecule has 0 aliphatic carbocycles. The van der Waals surface area contributed by atoms with E-state index in [-0.39, 0.29) is 11.4 Å². The molecule has 0 aromatic heterocycles. The van der Waals surface area contributed by atoms with Crippen LogP contribution in [0, 0.1) is 5.41 Å². The molecule has 0 unspecified atom stereocenters. The molecule has 0 aromatic carbocycles. The van der Waals surface area contributed by atoms with Crippen molar-refractivity contribution < 1.29 is 14.3 Å². The number of alkyl halides is 1. The molecule has 12 heavy (non-hydrogen) atoms. The van der Waals surface area contributed by atoms with Gasteiger partial charge in [0.1, 0.15) is 0 Å². The van der Waals surface area contributed by atoms with Gasteiger partial charge >= 0.3 is 5.97 Å².